The zero-order valence-electron chi connectivity index (χ0n) is 12.3. The van der Waals surface area contributed by atoms with E-state index in [0.29, 0.717) is 0 Å². The Kier molecular flexibility index (Phi) is 4.41. The molecule has 2 aromatic rings. The Bertz CT molecular complexity index is 676. The second kappa shape index (κ2) is 6.46. The topological polar surface area (TPSA) is 51.2 Å². The Morgan fingerprint density at radius 2 is 2.27 bits per heavy atom. The summed E-state index contributed by atoms with van der Waals surface area (Å²) < 4.78 is 4.93. The van der Waals surface area contributed by atoms with Gasteiger partial charge in [0.05, 0.1) is 7.11 Å². The number of pyridine rings is 1. The van der Waals surface area contributed by atoms with Crippen molar-refractivity contribution in [1.29, 1.82) is 0 Å². The van der Waals surface area contributed by atoms with E-state index in [4.69, 9.17) is 16.3 Å². The van der Waals surface area contributed by atoms with E-state index < -0.39 is 6.04 Å². The van der Waals surface area contributed by atoms with Gasteiger partial charge in [-0.1, -0.05) is 29.8 Å². The van der Waals surface area contributed by atoms with Crippen LogP contribution in [0.3, 0.4) is 0 Å². The average Bonchev–Trinajstić information content (AvgIpc) is 2.97. The van der Waals surface area contributed by atoms with Gasteiger partial charge in [0.25, 0.3) is 0 Å². The Hall–Kier alpha value is -1.91. The monoisotopic (exact) mass is 316 g/mol. The van der Waals surface area contributed by atoms with E-state index >= 15 is 0 Å². The SMILES string of the molecule is COC(=O)[C@H](N[C@H]1CCc2c(Cl)cccc21)c1cccnc1. The second-order valence-corrected chi connectivity index (χ2v) is 5.72. The van der Waals surface area contributed by atoms with Crippen molar-refractivity contribution in [2.75, 3.05) is 7.11 Å². The summed E-state index contributed by atoms with van der Waals surface area (Å²) in [7, 11) is 1.40. The molecule has 3 rings (SSSR count). The van der Waals surface area contributed by atoms with Crippen LogP contribution in [-0.2, 0) is 16.0 Å². The number of benzene rings is 1. The number of rotatable bonds is 4. The van der Waals surface area contributed by atoms with Crippen LogP contribution < -0.4 is 5.32 Å². The molecule has 0 amide bonds. The van der Waals surface area contributed by atoms with Crippen LogP contribution in [0.4, 0.5) is 0 Å². The molecule has 0 radical (unpaired) electrons. The first kappa shape index (κ1) is 15.0. The molecular formula is C17H17ClN2O2. The van der Waals surface area contributed by atoms with Gasteiger partial charge >= 0.3 is 5.97 Å². The number of carbonyl (C=O) groups is 1. The molecule has 0 saturated heterocycles. The maximum Gasteiger partial charge on any atom is 0.327 e. The first-order valence-electron chi connectivity index (χ1n) is 7.22. The minimum atomic E-state index is -0.534. The first-order valence-corrected chi connectivity index (χ1v) is 7.59. The van der Waals surface area contributed by atoms with Crippen LogP contribution in [0, 0.1) is 0 Å². The van der Waals surface area contributed by atoms with Crippen molar-refractivity contribution < 1.29 is 9.53 Å². The standard InChI is InChI=1S/C17H17ClN2O2/c1-22-17(21)16(11-4-3-9-19-10-11)20-15-8-7-12-13(15)5-2-6-14(12)18/h2-6,9-10,15-16,20H,7-8H2,1H3/t15-,16+/m0/s1. The van der Waals surface area contributed by atoms with Gasteiger partial charge in [0, 0.05) is 23.5 Å². The zero-order valence-corrected chi connectivity index (χ0v) is 13.0. The van der Waals surface area contributed by atoms with Crippen molar-refractivity contribution in [1.82, 2.24) is 10.3 Å². The number of aromatic nitrogens is 1. The highest BCUT2D eigenvalue weighted by Gasteiger charge is 2.30. The van der Waals surface area contributed by atoms with Crippen LogP contribution >= 0.6 is 11.6 Å². The summed E-state index contributed by atoms with van der Waals surface area (Å²) in [6.07, 6.45) is 5.19. The summed E-state index contributed by atoms with van der Waals surface area (Å²) in [6, 6.07) is 9.14. The third-order valence-corrected chi connectivity index (χ3v) is 4.39. The number of esters is 1. The molecule has 1 aliphatic rings. The maximum atomic E-state index is 12.1. The van der Waals surface area contributed by atoms with Gasteiger partial charge in [-0.05, 0) is 41.7 Å². The predicted molar refractivity (Wildman–Crippen MR) is 84.6 cm³/mol. The van der Waals surface area contributed by atoms with E-state index in [-0.39, 0.29) is 12.0 Å². The lowest BCUT2D eigenvalue weighted by molar-refractivity contribution is -0.143. The predicted octanol–water partition coefficient (Wildman–Crippen LogP) is 3.23. The molecule has 1 aromatic heterocycles. The Morgan fingerprint density at radius 1 is 1.41 bits per heavy atom. The van der Waals surface area contributed by atoms with Crippen LogP contribution in [0.15, 0.2) is 42.7 Å². The summed E-state index contributed by atoms with van der Waals surface area (Å²) >= 11 is 6.25. The number of hydrogen-bond acceptors (Lipinski definition) is 4. The Labute approximate surface area is 134 Å². The molecule has 114 valence electrons. The van der Waals surface area contributed by atoms with Gasteiger partial charge in [-0.15, -0.1) is 0 Å². The van der Waals surface area contributed by atoms with Crippen molar-refractivity contribution in [3.05, 3.63) is 64.4 Å². The fraction of sp³-hybridized carbons (Fsp3) is 0.294. The highest BCUT2D eigenvalue weighted by Crippen LogP contribution is 2.36. The third-order valence-electron chi connectivity index (χ3n) is 4.04. The van der Waals surface area contributed by atoms with Crippen molar-refractivity contribution in [3.63, 3.8) is 0 Å². The van der Waals surface area contributed by atoms with Gasteiger partial charge in [-0.25, -0.2) is 4.79 Å². The first-order chi connectivity index (χ1) is 10.7. The summed E-state index contributed by atoms with van der Waals surface area (Å²) in [5.74, 6) is -0.316. The lowest BCUT2D eigenvalue weighted by Gasteiger charge is -2.22. The van der Waals surface area contributed by atoms with E-state index in [0.717, 1.165) is 34.6 Å². The molecular weight excluding hydrogens is 300 g/mol. The highest BCUT2D eigenvalue weighted by atomic mass is 35.5. The van der Waals surface area contributed by atoms with Crippen molar-refractivity contribution >= 4 is 17.6 Å². The van der Waals surface area contributed by atoms with Gasteiger partial charge in [-0.3, -0.25) is 10.3 Å². The largest absolute Gasteiger partial charge is 0.468 e. The van der Waals surface area contributed by atoms with Crippen molar-refractivity contribution in [3.8, 4) is 0 Å². The summed E-state index contributed by atoms with van der Waals surface area (Å²) in [5, 5.41) is 4.18. The molecule has 5 heteroatoms. The van der Waals surface area contributed by atoms with Crippen molar-refractivity contribution in [2.24, 2.45) is 0 Å². The minimum Gasteiger partial charge on any atom is -0.468 e. The summed E-state index contributed by atoms with van der Waals surface area (Å²) in [5.41, 5.74) is 3.12. The molecule has 1 aromatic carbocycles. The number of hydrogen-bond donors (Lipinski definition) is 1. The molecule has 1 aliphatic carbocycles. The molecule has 0 unspecified atom stereocenters. The van der Waals surface area contributed by atoms with Gasteiger partial charge in [0.2, 0.25) is 0 Å². The number of ether oxygens (including phenoxy) is 1. The normalized spacial score (nSPS) is 17.8. The molecule has 22 heavy (non-hydrogen) atoms. The van der Waals surface area contributed by atoms with Gasteiger partial charge in [0.15, 0.2) is 0 Å². The molecule has 0 saturated carbocycles. The van der Waals surface area contributed by atoms with Gasteiger partial charge in [-0.2, -0.15) is 0 Å². The quantitative estimate of drug-likeness (QED) is 0.880. The molecule has 2 atom stereocenters. The van der Waals surface area contributed by atoms with Crippen LogP contribution in [0.5, 0.6) is 0 Å². The van der Waals surface area contributed by atoms with Crippen LogP contribution in [0.1, 0.15) is 35.2 Å². The molecule has 1 N–H and O–H groups in total. The number of nitrogens with zero attached hydrogens (tertiary/aromatic N) is 1. The smallest absolute Gasteiger partial charge is 0.327 e. The summed E-state index contributed by atoms with van der Waals surface area (Å²) in [4.78, 5) is 16.2. The molecule has 1 heterocycles. The lowest BCUT2D eigenvalue weighted by Crippen LogP contribution is -2.32. The molecule has 0 aliphatic heterocycles. The van der Waals surface area contributed by atoms with E-state index in [1.54, 1.807) is 12.4 Å². The van der Waals surface area contributed by atoms with Gasteiger partial charge in [0.1, 0.15) is 6.04 Å². The zero-order chi connectivity index (χ0) is 15.5. The highest BCUT2D eigenvalue weighted by molar-refractivity contribution is 6.31. The van der Waals surface area contributed by atoms with Gasteiger partial charge < -0.3 is 4.74 Å². The number of methoxy groups -OCH3 is 1. The number of fused-ring (bicyclic) bond motifs is 1. The van der Waals surface area contributed by atoms with E-state index in [2.05, 4.69) is 16.4 Å². The maximum absolute atomic E-state index is 12.1. The molecule has 0 bridgehead atoms. The fourth-order valence-electron chi connectivity index (χ4n) is 2.95. The molecule has 0 spiro atoms. The number of carbonyl (C=O) groups excluding carboxylic acids is 1. The molecule has 4 nitrogen and oxygen atoms in total. The third kappa shape index (κ3) is 2.85. The van der Waals surface area contributed by atoms with Crippen LogP contribution in [-0.4, -0.2) is 18.1 Å². The summed E-state index contributed by atoms with van der Waals surface area (Å²) in [6.45, 7) is 0. The minimum absolute atomic E-state index is 0.0815. The Morgan fingerprint density at radius 3 is 3.00 bits per heavy atom. The second-order valence-electron chi connectivity index (χ2n) is 5.31. The Balaban J connectivity index is 1.87. The lowest BCUT2D eigenvalue weighted by atomic mass is 10.0. The van der Waals surface area contributed by atoms with E-state index in [9.17, 15) is 4.79 Å². The van der Waals surface area contributed by atoms with E-state index in [1.165, 1.54) is 7.11 Å². The number of halogens is 1. The van der Waals surface area contributed by atoms with E-state index in [1.807, 2.05) is 24.3 Å². The fourth-order valence-corrected chi connectivity index (χ4v) is 3.23. The van der Waals surface area contributed by atoms with Crippen LogP contribution in [0.25, 0.3) is 0 Å². The van der Waals surface area contributed by atoms with Crippen LogP contribution in [0.2, 0.25) is 5.02 Å². The van der Waals surface area contributed by atoms with Crippen molar-refractivity contribution in [2.45, 2.75) is 24.9 Å². The average molecular weight is 317 g/mol. The molecule has 0 fully saturated rings. The number of nitrogens with one attached hydrogen (secondary N) is 1.